The number of carboxylic acid groups (broad SMARTS) is 1. The van der Waals surface area contributed by atoms with Gasteiger partial charge in [-0.05, 0) is 25.7 Å². The number of rotatable bonds is 6. The molecule has 5 heteroatoms. The molecule has 0 bridgehead atoms. The fourth-order valence-corrected chi connectivity index (χ4v) is 3.49. The molecule has 0 aromatic carbocycles. The summed E-state index contributed by atoms with van der Waals surface area (Å²) in [6, 6.07) is 0.428. The number of nitrogens with zero attached hydrogens (tertiary/aromatic N) is 2. The van der Waals surface area contributed by atoms with E-state index in [2.05, 4.69) is 11.8 Å². The van der Waals surface area contributed by atoms with Crippen LogP contribution in [0, 0.1) is 5.92 Å². The summed E-state index contributed by atoms with van der Waals surface area (Å²) in [6.07, 6.45) is 6.27. The molecule has 20 heavy (non-hydrogen) atoms. The fourth-order valence-electron chi connectivity index (χ4n) is 3.49. The first-order valence-corrected chi connectivity index (χ1v) is 7.83. The highest BCUT2D eigenvalue weighted by Crippen LogP contribution is 2.24. The van der Waals surface area contributed by atoms with E-state index in [0.29, 0.717) is 12.6 Å². The van der Waals surface area contributed by atoms with Crippen molar-refractivity contribution in [1.82, 2.24) is 9.80 Å². The lowest BCUT2D eigenvalue weighted by molar-refractivity contribution is -0.140. The number of hydrogen-bond acceptors (Lipinski definition) is 3. The van der Waals surface area contributed by atoms with Crippen molar-refractivity contribution in [3.8, 4) is 0 Å². The summed E-state index contributed by atoms with van der Waals surface area (Å²) in [5, 5.41) is 8.72. The van der Waals surface area contributed by atoms with E-state index in [4.69, 9.17) is 5.11 Å². The molecule has 5 nitrogen and oxygen atoms in total. The predicted molar refractivity (Wildman–Crippen MR) is 76.4 cm³/mol. The molecular weight excluding hydrogens is 256 g/mol. The topological polar surface area (TPSA) is 60.9 Å². The van der Waals surface area contributed by atoms with Crippen LogP contribution in [-0.4, -0.2) is 59.0 Å². The standard InChI is InChI=1S/C15H26N2O3/c1-2-17(13-6-4-3-5-7-13)14(18)11-16-9-12(10-16)8-15(19)20/h12-13H,2-11H2,1H3,(H,19,20). The average Bonchev–Trinajstić information content (AvgIpc) is 2.38. The van der Waals surface area contributed by atoms with Gasteiger partial charge in [0.15, 0.2) is 0 Å². The van der Waals surface area contributed by atoms with E-state index in [-0.39, 0.29) is 18.2 Å². The van der Waals surface area contributed by atoms with E-state index >= 15 is 0 Å². The Kier molecular flexibility index (Phi) is 5.40. The summed E-state index contributed by atoms with van der Waals surface area (Å²) in [7, 11) is 0. The zero-order valence-electron chi connectivity index (χ0n) is 12.4. The summed E-state index contributed by atoms with van der Waals surface area (Å²) in [5.41, 5.74) is 0. The monoisotopic (exact) mass is 282 g/mol. The third kappa shape index (κ3) is 3.95. The van der Waals surface area contributed by atoms with E-state index in [9.17, 15) is 9.59 Å². The van der Waals surface area contributed by atoms with Gasteiger partial charge in [-0.25, -0.2) is 0 Å². The Morgan fingerprint density at radius 1 is 1.20 bits per heavy atom. The van der Waals surface area contributed by atoms with Crippen LogP contribution in [0.1, 0.15) is 45.4 Å². The van der Waals surface area contributed by atoms with Crippen molar-refractivity contribution in [3.05, 3.63) is 0 Å². The lowest BCUT2D eigenvalue weighted by Crippen LogP contribution is -2.53. The van der Waals surface area contributed by atoms with Gasteiger partial charge in [-0.3, -0.25) is 14.5 Å². The third-order valence-corrected chi connectivity index (χ3v) is 4.53. The van der Waals surface area contributed by atoms with Gasteiger partial charge in [-0.1, -0.05) is 19.3 Å². The molecule has 1 N–H and O–H groups in total. The Labute approximate surface area is 120 Å². The highest BCUT2D eigenvalue weighted by Gasteiger charge is 2.32. The highest BCUT2D eigenvalue weighted by molar-refractivity contribution is 5.78. The minimum absolute atomic E-state index is 0.216. The number of amides is 1. The quantitative estimate of drug-likeness (QED) is 0.803. The molecule has 1 saturated carbocycles. The number of carboxylic acids is 1. The Balaban J connectivity index is 1.74. The normalized spacial score (nSPS) is 21.4. The first kappa shape index (κ1) is 15.3. The second-order valence-corrected chi connectivity index (χ2v) is 6.13. The predicted octanol–water partition coefficient (Wildman–Crippen LogP) is 1.57. The van der Waals surface area contributed by atoms with Crippen LogP contribution >= 0.6 is 0 Å². The Morgan fingerprint density at radius 2 is 1.85 bits per heavy atom. The summed E-state index contributed by atoms with van der Waals surface area (Å²) in [4.78, 5) is 27.1. The molecule has 0 unspecified atom stereocenters. The first-order chi connectivity index (χ1) is 9.60. The molecule has 0 radical (unpaired) electrons. The Morgan fingerprint density at radius 3 is 2.40 bits per heavy atom. The molecule has 2 fully saturated rings. The zero-order valence-corrected chi connectivity index (χ0v) is 12.4. The second kappa shape index (κ2) is 7.07. The van der Waals surface area contributed by atoms with Crippen molar-refractivity contribution in [2.45, 2.75) is 51.5 Å². The molecule has 1 amide bonds. The summed E-state index contributed by atoms with van der Waals surface area (Å²) in [5.74, 6) is -0.295. The minimum Gasteiger partial charge on any atom is -0.481 e. The molecule has 1 aliphatic heterocycles. The molecule has 0 atom stereocenters. The summed E-state index contributed by atoms with van der Waals surface area (Å²) >= 11 is 0. The Hall–Kier alpha value is -1.10. The molecule has 114 valence electrons. The van der Waals surface area contributed by atoms with E-state index in [1.807, 2.05) is 4.90 Å². The number of likely N-dealkylation sites (tertiary alicyclic amines) is 1. The maximum absolute atomic E-state index is 12.4. The lowest BCUT2D eigenvalue weighted by atomic mass is 9.93. The van der Waals surface area contributed by atoms with Crippen LogP contribution < -0.4 is 0 Å². The van der Waals surface area contributed by atoms with Crippen molar-refractivity contribution in [2.75, 3.05) is 26.2 Å². The molecule has 2 aliphatic rings. The second-order valence-electron chi connectivity index (χ2n) is 6.13. The van der Waals surface area contributed by atoms with E-state index < -0.39 is 5.97 Å². The van der Waals surface area contributed by atoms with Gasteiger partial charge in [0.2, 0.25) is 5.91 Å². The van der Waals surface area contributed by atoms with Crippen LogP contribution in [0.5, 0.6) is 0 Å². The van der Waals surface area contributed by atoms with Crippen LogP contribution in [0.2, 0.25) is 0 Å². The molecule has 0 spiro atoms. The van der Waals surface area contributed by atoms with Crippen LogP contribution in [0.4, 0.5) is 0 Å². The number of likely N-dealkylation sites (N-methyl/N-ethyl adjacent to an activating group) is 1. The van der Waals surface area contributed by atoms with E-state index in [1.165, 1.54) is 19.3 Å². The van der Waals surface area contributed by atoms with Crippen LogP contribution in [0.3, 0.4) is 0 Å². The van der Waals surface area contributed by atoms with Crippen molar-refractivity contribution in [3.63, 3.8) is 0 Å². The maximum atomic E-state index is 12.4. The van der Waals surface area contributed by atoms with Gasteiger partial charge >= 0.3 is 5.97 Å². The molecular formula is C15H26N2O3. The largest absolute Gasteiger partial charge is 0.481 e. The number of carbonyl (C=O) groups is 2. The third-order valence-electron chi connectivity index (χ3n) is 4.53. The summed E-state index contributed by atoms with van der Waals surface area (Å²) in [6.45, 7) is 4.80. The van der Waals surface area contributed by atoms with Crippen LogP contribution in [0.25, 0.3) is 0 Å². The molecule has 1 saturated heterocycles. The Bertz CT molecular complexity index is 347. The van der Waals surface area contributed by atoms with Gasteiger partial charge in [0.25, 0.3) is 0 Å². The molecule has 1 heterocycles. The van der Waals surface area contributed by atoms with Gasteiger partial charge < -0.3 is 10.0 Å². The SMILES string of the molecule is CCN(C(=O)CN1CC(CC(=O)O)C1)C1CCCCC1. The number of hydrogen-bond donors (Lipinski definition) is 1. The van der Waals surface area contributed by atoms with Gasteiger partial charge in [0, 0.05) is 25.7 Å². The van der Waals surface area contributed by atoms with Crippen LogP contribution in [-0.2, 0) is 9.59 Å². The van der Waals surface area contributed by atoms with Crippen LogP contribution in [0.15, 0.2) is 0 Å². The number of carbonyl (C=O) groups excluding carboxylic acids is 1. The van der Waals surface area contributed by atoms with Gasteiger partial charge in [-0.2, -0.15) is 0 Å². The molecule has 1 aliphatic carbocycles. The zero-order chi connectivity index (χ0) is 14.5. The molecule has 0 aromatic rings. The minimum atomic E-state index is -0.738. The van der Waals surface area contributed by atoms with E-state index in [0.717, 1.165) is 32.5 Å². The van der Waals surface area contributed by atoms with Gasteiger partial charge in [0.05, 0.1) is 13.0 Å². The number of aliphatic carboxylic acids is 1. The van der Waals surface area contributed by atoms with Crippen molar-refractivity contribution >= 4 is 11.9 Å². The highest BCUT2D eigenvalue weighted by atomic mass is 16.4. The summed E-state index contributed by atoms with van der Waals surface area (Å²) < 4.78 is 0. The first-order valence-electron chi connectivity index (χ1n) is 7.83. The van der Waals surface area contributed by atoms with Crippen molar-refractivity contribution in [1.29, 1.82) is 0 Å². The smallest absolute Gasteiger partial charge is 0.303 e. The molecule has 0 aromatic heterocycles. The average molecular weight is 282 g/mol. The lowest BCUT2D eigenvalue weighted by Gasteiger charge is -2.40. The maximum Gasteiger partial charge on any atom is 0.303 e. The fraction of sp³-hybridized carbons (Fsp3) is 0.867. The van der Waals surface area contributed by atoms with E-state index in [1.54, 1.807) is 0 Å². The molecule has 2 rings (SSSR count). The van der Waals surface area contributed by atoms with Crippen molar-refractivity contribution in [2.24, 2.45) is 5.92 Å². The van der Waals surface area contributed by atoms with Gasteiger partial charge in [0.1, 0.15) is 0 Å². The van der Waals surface area contributed by atoms with Crippen molar-refractivity contribution < 1.29 is 14.7 Å². The van der Waals surface area contributed by atoms with Gasteiger partial charge in [-0.15, -0.1) is 0 Å².